The van der Waals surface area contributed by atoms with E-state index in [1.165, 1.54) is 31.5 Å². The standard InChI is InChI=1S/C15H18N2O4S2/c1-4-21-13-6-5-12(9-14(13)23(19,20)17(2)3)16-15(18)11-7-8-22-10-11/h5-10H,4H2,1-3H3,(H,16,18). The number of carbonyl (C=O) groups is 1. The zero-order valence-electron chi connectivity index (χ0n) is 13.1. The highest BCUT2D eigenvalue weighted by Gasteiger charge is 2.23. The first kappa shape index (κ1) is 17.5. The summed E-state index contributed by atoms with van der Waals surface area (Å²) in [4.78, 5) is 12.1. The normalized spacial score (nSPS) is 11.5. The predicted octanol–water partition coefficient (Wildman–Crippen LogP) is 2.65. The van der Waals surface area contributed by atoms with Gasteiger partial charge < -0.3 is 10.1 Å². The number of hydrogen-bond donors (Lipinski definition) is 1. The van der Waals surface area contributed by atoms with Gasteiger partial charge in [-0.1, -0.05) is 0 Å². The van der Waals surface area contributed by atoms with Gasteiger partial charge in [-0.2, -0.15) is 11.3 Å². The number of nitrogens with one attached hydrogen (secondary N) is 1. The Bertz CT molecular complexity index is 784. The third-order valence-electron chi connectivity index (χ3n) is 3.04. The molecular formula is C15H18N2O4S2. The molecule has 124 valence electrons. The maximum absolute atomic E-state index is 12.4. The van der Waals surface area contributed by atoms with E-state index in [1.807, 2.05) is 0 Å². The van der Waals surface area contributed by atoms with Crippen LogP contribution in [-0.2, 0) is 10.0 Å². The van der Waals surface area contributed by atoms with E-state index in [0.29, 0.717) is 17.9 Å². The van der Waals surface area contributed by atoms with Gasteiger partial charge in [0.05, 0.1) is 12.2 Å². The van der Waals surface area contributed by atoms with Crippen molar-refractivity contribution in [2.24, 2.45) is 0 Å². The Hall–Kier alpha value is -1.90. The van der Waals surface area contributed by atoms with Crippen LogP contribution in [0, 0.1) is 0 Å². The molecule has 2 aromatic rings. The summed E-state index contributed by atoms with van der Waals surface area (Å²) in [6, 6.07) is 6.27. The van der Waals surface area contributed by atoms with Gasteiger partial charge in [0.1, 0.15) is 10.6 Å². The fraction of sp³-hybridized carbons (Fsp3) is 0.267. The Morgan fingerprint density at radius 3 is 2.61 bits per heavy atom. The number of benzene rings is 1. The van der Waals surface area contributed by atoms with Gasteiger partial charge in [-0.25, -0.2) is 12.7 Å². The number of carbonyl (C=O) groups excluding carboxylic acids is 1. The lowest BCUT2D eigenvalue weighted by Gasteiger charge is -2.16. The molecule has 2 rings (SSSR count). The van der Waals surface area contributed by atoms with Crippen molar-refractivity contribution in [2.75, 3.05) is 26.0 Å². The van der Waals surface area contributed by atoms with Crippen molar-refractivity contribution in [2.45, 2.75) is 11.8 Å². The summed E-state index contributed by atoms with van der Waals surface area (Å²) in [5.74, 6) is -0.0293. The Balaban J connectivity index is 2.38. The molecule has 6 nitrogen and oxygen atoms in total. The van der Waals surface area contributed by atoms with E-state index in [0.717, 1.165) is 4.31 Å². The Kier molecular flexibility index (Phi) is 5.40. The fourth-order valence-corrected chi connectivity index (χ4v) is 3.54. The topological polar surface area (TPSA) is 75.7 Å². The molecule has 0 saturated carbocycles. The fourth-order valence-electron chi connectivity index (χ4n) is 1.86. The third-order valence-corrected chi connectivity index (χ3v) is 5.56. The lowest BCUT2D eigenvalue weighted by atomic mass is 10.2. The molecule has 0 aliphatic heterocycles. The summed E-state index contributed by atoms with van der Waals surface area (Å²) in [5.41, 5.74) is 0.922. The largest absolute Gasteiger partial charge is 0.492 e. The lowest BCUT2D eigenvalue weighted by molar-refractivity contribution is 0.102. The van der Waals surface area contributed by atoms with Gasteiger partial charge in [0, 0.05) is 25.2 Å². The van der Waals surface area contributed by atoms with Crippen LogP contribution >= 0.6 is 11.3 Å². The molecule has 23 heavy (non-hydrogen) atoms. The van der Waals surface area contributed by atoms with Gasteiger partial charge >= 0.3 is 0 Å². The van der Waals surface area contributed by atoms with Crippen molar-refractivity contribution in [3.8, 4) is 5.75 Å². The second-order valence-corrected chi connectivity index (χ2v) is 7.75. The van der Waals surface area contributed by atoms with E-state index in [1.54, 1.807) is 35.9 Å². The SMILES string of the molecule is CCOc1ccc(NC(=O)c2ccsc2)cc1S(=O)(=O)N(C)C. The minimum atomic E-state index is -3.68. The first-order valence-corrected chi connectivity index (χ1v) is 9.27. The first-order chi connectivity index (χ1) is 10.9. The molecule has 0 aliphatic rings. The molecular weight excluding hydrogens is 336 g/mol. The van der Waals surface area contributed by atoms with Crippen LogP contribution in [0.2, 0.25) is 0 Å². The van der Waals surface area contributed by atoms with Gasteiger partial charge in [0.2, 0.25) is 10.0 Å². The van der Waals surface area contributed by atoms with E-state index in [9.17, 15) is 13.2 Å². The van der Waals surface area contributed by atoms with Gasteiger partial charge in [0.15, 0.2) is 0 Å². The van der Waals surface area contributed by atoms with E-state index < -0.39 is 10.0 Å². The van der Waals surface area contributed by atoms with E-state index in [-0.39, 0.29) is 16.6 Å². The summed E-state index contributed by atoms with van der Waals surface area (Å²) in [5, 5.41) is 6.22. The summed E-state index contributed by atoms with van der Waals surface area (Å²) in [7, 11) is -0.791. The molecule has 0 radical (unpaired) electrons. The Labute approximate surface area is 139 Å². The maximum atomic E-state index is 12.4. The highest BCUT2D eigenvalue weighted by atomic mass is 32.2. The molecule has 1 aromatic heterocycles. The number of nitrogens with zero attached hydrogens (tertiary/aromatic N) is 1. The Morgan fingerprint density at radius 2 is 2.04 bits per heavy atom. The molecule has 0 bridgehead atoms. The zero-order chi connectivity index (χ0) is 17.0. The van der Waals surface area contributed by atoms with Crippen LogP contribution in [0.4, 0.5) is 5.69 Å². The van der Waals surface area contributed by atoms with E-state index in [2.05, 4.69) is 5.32 Å². The van der Waals surface area contributed by atoms with E-state index >= 15 is 0 Å². The number of amides is 1. The minimum absolute atomic E-state index is 0.0208. The summed E-state index contributed by atoms with van der Waals surface area (Å²) in [6.45, 7) is 2.12. The number of sulfonamides is 1. The van der Waals surface area contributed by atoms with Gasteiger partial charge in [0.25, 0.3) is 5.91 Å². The molecule has 0 unspecified atom stereocenters. The molecule has 1 N–H and O–H groups in total. The van der Waals surface area contributed by atoms with Crippen molar-refractivity contribution in [1.82, 2.24) is 4.31 Å². The molecule has 0 spiro atoms. The average molecular weight is 354 g/mol. The summed E-state index contributed by atoms with van der Waals surface area (Å²) >= 11 is 1.42. The lowest BCUT2D eigenvalue weighted by Crippen LogP contribution is -2.23. The van der Waals surface area contributed by atoms with Crippen LogP contribution in [-0.4, -0.2) is 39.3 Å². The van der Waals surface area contributed by atoms with Crippen molar-refractivity contribution in [1.29, 1.82) is 0 Å². The second kappa shape index (κ2) is 7.12. The highest BCUT2D eigenvalue weighted by molar-refractivity contribution is 7.89. The first-order valence-electron chi connectivity index (χ1n) is 6.89. The molecule has 1 heterocycles. The van der Waals surface area contributed by atoms with Gasteiger partial charge in [-0.05, 0) is 36.6 Å². The third kappa shape index (κ3) is 3.90. The molecule has 0 aliphatic carbocycles. The zero-order valence-corrected chi connectivity index (χ0v) is 14.7. The predicted molar refractivity (Wildman–Crippen MR) is 90.8 cm³/mol. The van der Waals surface area contributed by atoms with Crippen LogP contribution in [0.1, 0.15) is 17.3 Å². The molecule has 0 atom stereocenters. The van der Waals surface area contributed by atoms with Crippen LogP contribution in [0.25, 0.3) is 0 Å². The molecule has 0 saturated heterocycles. The second-order valence-electron chi connectivity index (χ2n) is 4.85. The number of anilines is 1. The number of ether oxygens (including phenoxy) is 1. The summed E-state index contributed by atoms with van der Waals surface area (Å²) in [6.07, 6.45) is 0. The number of hydrogen-bond acceptors (Lipinski definition) is 5. The average Bonchev–Trinajstić information content (AvgIpc) is 3.03. The molecule has 8 heteroatoms. The number of thiophene rings is 1. The smallest absolute Gasteiger partial charge is 0.256 e. The van der Waals surface area contributed by atoms with Crippen molar-refractivity contribution >= 4 is 33.0 Å². The van der Waals surface area contributed by atoms with Crippen molar-refractivity contribution in [3.05, 3.63) is 40.6 Å². The van der Waals surface area contributed by atoms with Crippen LogP contribution in [0.5, 0.6) is 5.75 Å². The van der Waals surface area contributed by atoms with Gasteiger partial charge in [-0.3, -0.25) is 4.79 Å². The van der Waals surface area contributed by atoms with Crippen LogP contribution in [0.3, 0.4) is 0 Å². The Morgan fingerprint density at radius 1 is 1.30 bits per heavy atom. The van der Waals surface area contributed by atoms with Crippen molar-refractivity contribution < 1.29 is 17.9 Å². The van der Waals surface area contributed by atoms with Crippen LogP contribution < -0.4 is 10.1 Å². The monoisotopic (exact) mass is 354 g/mol. The minimum Gasteiger partial charge on any atom is -0.492 e. The van der Waals surface area contributed by atoms with Crippen LogP contribution in [0.15, 0.2) is 39.9 Å². The molecule has 0 fully saturated rings. The van der Waals surface area contributed by atoms with Crippen molar-refractivity contribution in [3.63, 3.8) is 0 Å². The highest BCUT2D eigenvalue weighted by Crippen LogP contribution is 2.29. The molecule has 1 aromatic carbocycles. The quantitative estimate of drug-likeness (QED) is 0.865. The number of rotatable bonds is 6. The van der Waals surface area contributed by atoms with E-state index in [4.69, 9.17) is 4.74 Å². The molecule has 1 amide bonds. The maximum Gasteiger partial charge on any atom is 0.256 e. The summed E-state index contributed by atoms with van der Waals surface area (Å²) < 4.78 is 31.4. The van der Waals surface area contributed by atoms with Gasteiger partial charge in [-0.15, -0.1) is 0 Å².